The van der Waals surface area contributed by atoms with Crippen LogP contribution in [0, 0.1) is 0 Å². The third kappa shape index (κ3) is 64.0. The van der Waals surface area contributed by atoms with E-state index >= 15 is 0 Å². The minimum Gasteiger partial charge on any atom is -0.391 e. The van der Waals surface area contributed by atoms with E-state index in [9.17, 15) is 19.4 Å². The van der Waals surface area contributed by atoms with Gasteiger partial charge in [-0.1, -0.05) is 339 Å². The van der Waals surface area contributed by atoms with E-state index in [1.165, 1.54) is 257 Å². The Morgan fingerprint density at radius 2 is 0.750 bits per heavy atom. The molecule has 0 aliphatic carbocycles. The molecule has 3 N–H and O–H groups in total. The lowest BCUT2D eigenvalue weighted by Gasteiger charge is -2.26. The lowest BCUT2D eigenvalue weighted by molar-refractivity contribution is -0.870. The van der Waals surface area contributed by atoms with E-state index in [0.717, 1.165) is 64.2 Å². The summed E-state index contributed by atoms with van der Waals surface area (Å²) in [6.45, 7) is 4.83. The summed E-state index contributed by atoms with van der Waals surface area (Å²) in [5, 5.41) is 14.1. The molecule has 8 nitrogen and oxygen atoms in total. The summed E-state index contributed by atoms with van der Waals surface area (Å²) in [6.07, 6.45) is 83.6. The first-order valence-corrected chi connectivity index (χ1v) is 36.5. The summed E-state index contributed by atoms with van der Waals surface area (Å²) in [7, 11) is 1.63. The van der Waals surface area contributed by atoms with E-state index in [0.29, 0.717) is 23.9 Å². The summed E-state index contributed by atoms with van der Waals surface area (Å²) in [4.78, 5) is 23.4. The van der Waals surface area contributed by atoms with Crippen LogP contribution in [0.1, 0.15) is 348 Å². The largest absolute Gasteiger partial charge is 0.472 e. The molecule has 0 aromatic carbocycles. The number of amides is 1. The molecule has 1 amide bonds. The first-order valence-electron chi connectivity index (χ1n) is 35.0. The number of quaternary nitrogens is 1. The van der Waals surface area contributed by atoms with Crippen LogP contribution in [0.3, 0.4) is 0 Å². The van der Waals surface area contributed by atoms with Crippen LogP contribution >= 0.6 is 7.82 Å². The maximum absolute atomic E-state index is 13.1. The Kier molecular flexibility index (Phi) is 60.8. The lowest BCUT2D eigenvalue weighted by atomic mass is 10.0. The zero-order valence-corrected chi connectivity index (χ0v) is 55.0. The number of hydrogen-bond donors (Lipinski definition) is 3. The summed E-state index contributed by atoms with van der Waals surface area (Å²) in [6, 6.07) is -0.759. The molecule has 0 spiro atoms. The number of phosphoric acid groups is 1. The van der Waals surface area contributed by atoms with Crippen LogP contribution in [0.25, 0.3) is 0 Å². The van der Waals surface area contributed by atoms with Crippen molar-refractivity contribution >= 4 is 13.7 Å². The molecule has 0 fully saturated rings. The first kappa shape index (κ1) is 78.5. The van der Waals surface area contributed by atoms with Gasteiger partial charge in [0.2, 0.25) is 5.91 Å². The Hall–Kier alpha value is -1.54. The normalized spacial score (nSPS) is 13.9. The first-order chi connectivity index (χ1) is 39.0. The van der Waals surface area contributed by atoms with Gasteiger partial charge in [-0.25, -0.2) is 4.57 Å². The number of unbranched alkanes of at least 4 members (excludes halogenated alkanes) is 44. The van der Waals surface area contributed by atoms with Crippen LogP contribution in [-0.4, -0.2) is 73.4 Å². The van der Waals surface area contributed by atoms with E-state index < -0.39 is 20.0 Å². The topological polar surface area (TPSA) is 105 Å². The van der Waals surface area contributed by atoms with E-state index in [1.54, 1.807) is 0 Å². The fraction of sp³-hybridized carbons (Fsp3) is 0.873. The van der Waals surface area contributed by atoms with Gasteiger partial charge in [0.05, 0.1) is 39.9 Å². The van der Waals surface area contributed by atoms with Gasteiger partial charge in [-0.2, -0.15) is 0 Å². The van der Waals surface area contributed by atoms with Crippen LogP contribution in [0.4, 0.5) is 0 Å². The molecule has 0 aliphatic rings. The van der Waals surface area contributed by atoms with Crippen molar-refractivity contribution in [2.75, 3.05) is 40.9 Å². The Balaban J connectivity index is 3.90. The zero-order valence-electron chi connectivity index (χ0n) is 54.1. The molecule has 0 aromatic rings. The molecule has 0 saturated carbocycles. The highest BCUT2D eigenvalue weighted by Crippen LogP contribution is 2.43. The molecule has 80 heavy (non-hydrogen) atoms. The number of nitrogens with zero attached hydrogens (tertiary/aromatic N) is 1. The molecule has 3 atom stereocenters. The summed E-state index contributed by atoms with van der Waals surface area (Å²) in [5.41, 5.74) is 0. The minimum atomic E-state index is -4.33. The number of hydrogen-bond acceptors (Lipinski definition) is 5. The fourth-order valence-corrected chi connectivity index (χ4v) is 11.4. The number of likely N-dealkylation sites (N-methyl/N-ethyl adjacent to an activating group) is 1. The van der Waals surface area contributed by atoms with Crippen molar-refractivity contribution in [2.45, 2.75) is 360 Å². The maximum Gasteiger partial charge on any atom is 0.472 e. The van der Waals surface area contributed by atoms with Gasteiger partial charge in [-0.15, -0.1) is 0 Å². The van der Waals surface area contributed by atoms with Gasteiger partial charge in [-0.05, 0) is 51.4 Å². The second-order valence-electron chi connectivity index (χ2n) is 25.2. The van der Waals surface area contributed by atoms with Gasteiger partial charge in [0, 0.05) is 6.42 Å². The van der Waals surface area contributed by atoms with Gasteiger partial charge >= 0.3 is 7.82 Å². The molecule has 3 unspecified atom stereocenters. The van der Waals surface area contributed by atoms with Crippen molar-refractivity contribution in [3.8, 4) is 0 Å². The number of carbonyl (C=O) groups is 1. The maximum atomic E-state index is 13.1. The Bertz CT molecular complexity index is 1440. The van der Waals surface area contributed by atoms with Crippen molar-refractivity contribution in [3.05, 3.63) is 48.6 Å². The van der Waals surface area contributed by atoms with Gasteiger partial charge < -0.3 is 19.8 Å². The minimum absolute atomic E-state index is 0.0771. The molecule has 0 radical (unpaired) electrons. The molecule has 0 bridgehead atoms. The van der Waals surface area contributed by atoms with Crippen LogP contribution in [0.2, 0.25) is 0 Å². The van der Waals surface area contributed by atoms with Gasteiger partial charge in [0.1, 0.15) is 13.2 Å². The number of rotatable bonds is 65. The molecule has 9 heteroatoms. The number of aliphatic hydroxyl groups is 1. The predicted molar refractivity (Wildman–Crippen MR) is 351 cm³/mol. The highest BCUT2D eigenvalue weighted by atomic mass is 31.2. The summed E-state index contributed by atoms with van der Waals surface area (Å²) < 4.78 is 23.9. The average Bonchev–Trinajstić information content (AvgIpc) is 3.42. The van der Waals surface area contributed by atoms with Crippen LogP contribution in [0.15, 0.2) is 48.6 Å². The molecular formula is C71H138N2O6P+. The number of nitrogens with one attached hydrogen (secondary N) is 1. The fourth-order valence-electron chi connectivity index (χ4n) is 10.7. The van der Waals surface area contributed by atoms with Gasteiger partial charge in [0.25, 0.3) is 0 Å². The third-order valence-electron chi connectivity index (χ3n) is 16.1. The summed E-state index contributed by atoms with van der Waals surface area (Å²) in [5.74, 6) is -0.137. The van der Waals surface area contributed by atoms with Crippen molar-refractivity contribution in [2.24, 2.45) is 0 Å². The molecule has 0 aliphatic heterocycles. The van der Waals surface area contributed by atoms with Crippen LogP contribution in [0.5, 0.6) is 0 Å². The van der Waals surface area contributed by atoms with E-state index in [-0.39, 0.29) is 19.1 Å². The second kappa shape index (κ2) is 62.0. The quantitative estimate of drug-likeness (QED) is 0.0243. The highest BCUT2D eigenvalue weighted by molar-refractivity contribution is 7.47. The number of aliphatic hydroxyl groups excluding tert-OH is 1. The standard InChI is InChI=1S/C71H137N2O6P/c1-6-8-10-12-14-16-18-20-22-24-26-27-28-29-30-31-32-33-34-35-36-37-38-39-40-41-42-43-44-45-47-49-51-53-55-57-59-61-63-65-71(75)72-69(68-79-80(76,77)78-67-66-73(3,4)5)70(74)64-62-60-58-56-54-52-50-48-46-25-23-21-19-17-15-13-11-9-7-2/h8,10,14,16,20,22,26-27,69-70,74H,6-7,9,11-13,15,17-19,21,23-25,28-68H2,1-5H3,(H-,72,75,76,77)/p+1/b10-8-,16-14-,22-20-,27-26-. The molecule has 0 aromatic heterocycles. The van der Waals surface area contributed by atoms with Gasteiger partial charge in [0.15, 0.2) is 0 Å². The lowest BCUT2D eigenvalue weighted by Crippen LogP contribution is -2.46. The van der Waals surface area contributed by atoms with E-state index in [1.807, 2.05) is 21.1 Å². The summed E-state index contributed by atoms with van der Waals surface area (Å²) >= 11 is 0. The Morgan fingerprint density at radius 1 is 0.438 bits per heavy atom. The molecular weight excluding hydrogens is 1010 g/mol. The molecule has 0 heterocycles. The number of phosphoric ester groups is 1. The second-order valence-corrected chi connectivity index (χ2v) is 26.7. The Labute approximate surface area is 499 Å². The van der Waals surface area contributed by atoms with Gasteiger partial charge in [-0.3, -0.25) is 13.8 Å². The zero-order chi connectivity index (χ0) is 58.4. The predicted octanol–water partition coefficient (Wildman–Crippen LogP) is 22.2. The molecule has 472 valence electrons. The van der Waals surface area contributed by atoms with E-state index in [2.05, 4.69) is 67.8 Å². The van der Waals surface area contributed by atoms with Crippen LogP contribution < -0.4 is 5.32 Å². The Morgan fingerprint density at radius 3 is 1.10 bits per heavy atom. The van der Waals surface area contributed by atoms with E-state index in [4.69, 9.17) is 9.05 Å². The number of allylic oxidation sites excluding steroid dienone is 8. The van der Waals surface area contributed by atoms with Crippen molar-refractivity contribution in [1.82, 2.24) is 5.32 Å². The smallest absolute Gasteiger partial charge is 0.391 e. The van der Waals surface area contributed by atoms with Crippen LogP contribution in [-0.2, 0) is 18.4 Å². The monoisotopic (exact) mass is 1150 g/mol. The average molecular weight is 1150 g/mol. The third-order valence-corrected chi connectivity index (χ3v) is 17.1. The molecule has 0 rings (SSSR count). The highest BCUT2D eigenvalue weighted by Gasteiger charge is 2.28. The van der Waals surface area contributed by atoms with Crippen molar-refractivity contribution in [3.63, 3.8) is 0 Å². The van der Waals surface area contributed by atoms with Crippen molar-refractivity contribution < 1.29 is 32.9 Å². The molecule has 0 saturated heterocycles. The SMILES string of the molecule is CC/C=C\C/C=C\C/C=C\C/C=C\CCCCCCCCCCCCCCCCCCCCCCCCCCCCC(=O)NC(COP(=O)(O)OCC[N+](C)(C)C)C(O)CCCCCCCCCCCCCCCCCCCCC. The number of carbonyl (C=O) groups excluding carboxylic acids is 1. The van der Waals surface area contributed by atoms with Crippen molar-refractivity contribution in [1.29, 1.82) is 0 Å².